The molecule has 7 heteroatoms. The van der Waals surface area contributed by atoms with Crippen LogP contribution in [0.15, 0.2) is 36.5 Å². The van der Waals surface area contributed by atoms with E-state index in [4.69, 9.17) is 9.47 Å². The molecule has 1 amide bonds. The van der Waals surface area contributed by atoms with Crippen molar-refractivity contribution in [3.05, 3.63) is 48.0 Å². The second kappa shape index (κ2) is 8.80. The third-order valence-electron chi connectivity index (χ3n) is 4.48. The van der Waals surface area contributed by atoms with Crippen LogP contribution >= 0.6 is 0 Å². The first-order valence-electron chi connectivity index (χ1n) is 8.98. The molecule has 0 bridgehead atoms. The molecule has 0 atom stereocenters. The van der Waals surface area contributed by atoms with Crippen molar-refractivity contribution in [1.82, 2.24) is 14.7 Å². The van der Waals surface area contributed by atoms with Crippen molar-refractivity contribution in [2.75, 3.05) is 26.3 Å². The lowest BCUT2D eigenvalue weighted by Gasteiger charge is -2.32. The van der Waals surface area contributed by atoms with Crippen molar-refractivity contribution in [3.63, 3.8) is 0 Å². The predicted octanol–water partition coefficient (Wildman–Crippen LogP) is 2.74. The molecule has 0 unspecified atom stereocenters. The highest BCUT2D eigenvalue weighted by Gasteiger charge is 2.25. The van der Waals surface area contributed by atoms with Crippen LogP contribution in [0.2, 0.25) is 0 Å². The molecule has 140 valence electrons. The lowest BCUT2D eigenvalue weighted by molar-refractivity contribution is -0.00261. The van der Waals surface area contributed by atoms with E-state index in [0.717, 1.165) is 12.8 Å². The van der Waals surface area contributed by atoms with Crippen LogP contribution in [0.3, 0.4) is 0 Å². The molecule has 0 saturated carbocycles. The molecule has 1 fully saturated rings. The minimum absolute atomic E-state index is 0.0300. The maximum Gasteiger partial charge on any atom is 0.272 e. The molecule has 0 aliphatic carbocycles. The molecule has 1 aliphatic rings. The molecular formula is C19H24FN3O3. The highest BCUT2D eigenvalue weighted by Crippen LogP contribution is 2.17. The topological polar surface area (TPSA) is 56.6 Å². The van der Waals surface area contributed by atoms with Crippen LogP contribution < -0.4 is 4.74 Å². The minimum Gasteiger partial charge on any atom is -0.491 e. The number of amides is 1. The van der Waals surface area contributed by atoms with Gasteiger partial charge in [0.1, 0.15) is 23.9 Å². The standard InChI is InChI=1S/C19H24FN3O3/c1-2-23-18(7-10-21-23)19(24)22-11-8-17(9-12-22)26-14-13-25-16-5-3-15(20)4-6-16/h3-7,10,17H,2,8-9,11-14H2,1H3. The smallest absolute Gasteiger partial charge is 0.272 e. The summed E-state index contributed by atoms with van der Waals surface area (Å²) in [5.74, 6) is 0.377. The van der Waals surface area contributed by atoms with Gasteiger partial charge in [-0.05, 0) is 50.1 Å². The summed E-state index contributed by atoms with van der Waals surface area (Å²) in [5.41, 5.74) is 0.638. The summed E-state index contributed by atoms with van der Waals surface area (Å²) in [6.45, 7) is 4.90. The van der Waals surface area contributed by atoms with Gasteiger partial charge in [0.25, 0.3) is 5.91 Å². The van der Waals surface area contributed by atoms with Crippen LogP contribution in [0.4, 0.5) is 4.39 Å². The molecular weight excluding hydrogens is 337 g/mol. The van der Waals surface area contributed by atoms with Gasteiger partial charge in [0.2, 0.25) is 0 Å². The van der Waals surface area contributed by atoms with Crippen LogP contribution in [0, 0.1) is 5.82 Å². The third-order valence-corrected chi connectivity index (χ3v) is 4.48. The number of carbonyl (C=O) groups excluding carboxylic acids is 1. The van der Waals surface area contributed by atoms with Crippen molar-refractivity contribution >= 4 is 5.91 Å². The predicted molar refractivity (Wildman–Crippen MR) is 94.7 cm³/mol. The van der Waals surface area contributed by atoms with E-state index in [1.807, 2.05) is 11.8 Å². The third kappa shape index (κ3) is 4.60. The molecule has 2 heterocycles. The average Bonchev–Trinajstić information content (AvgIpc) is 3.15. The normalized spacial score (nSPS) is 15.2. The summed E-state index contributed by atoms with van der Waals surface area (Å²) in [4.78, 5) is 14.4. The van der Waals surface area contributed by atoms with Gasteiger partial charge in [0, 0.05) is 25.8 Å². The van der Waals surface area contributed by atoms with Crippen LogP contribution in [0.25, 0.3) is 0 Å². The number of piperidine rings is 1. The van der Waals surface area contributed by atoms with Gasteiger partial charge in [-0.1, -0.05) is 0 Å². The summed E-state index contributed by atoms with van der Waals surface area (Å²) in [6, 6.07) is 7.70. The summed E-state index contributed by atoms with van der Waals surface area (Å²) in [6.07, 6.45) is 3.41. The van der Waals surface area contributed by atoms with Crippen molar-refractivity contribution in [3.8, 4) is 5.75 Å². The fourth-order valence-corrected chi connectivity index (χ4v) is 3.06. The van der Waals surface area contributed by atoms with Gasteiger partial charge >= 0.3 is 0 Å². The Morgan fingerprint density at radius 2 is 1.92 bits per heavy atom. The van der Waals surface area contributed by atoms with Gasteiger partial charge < -0.3 is 14.4 Å². The number of benzene rings is 1. The Morgan fingerprint density at radius 3 is 2.62 bits per heavy atom. The van der Waals surface area contributed by atoms with Crippen molar-refractivity contribution < 1.29 is 18.7 Å². The SMILES string of the molecule is CCn1nccc1C(=O)N1CCC(OCCOc2ccc(F)cc2)CC1. The summed E-state index contributed by atoms with van der Waals surface area (Å²) in [5, 5.41) is 4.16. The lowest BCUT2D eigenvalue weighted by atomic mass is 10.1. The first kappa shape index (κ1) is 18.4. The number of carbonyl (C=O) groups is 1. The second-order valence-electron chi connectivity index (χ2n) is 6.20. The van der Waals surface area contributed by atoms with Crippen molar-refractivity contribution in [1.29, 1.82) is 0 Å². The van der Waals surface area contributed by atoms with E-state index in [1.165, 1.54) is 12.1 Å². The number of aryl methyl sites for hydroxylation is 1. The lowest BCUT2D eigenvalue weighted by Crippen LogP contribution is -2.41. The molecule has 1 aromatic heterocycles. The zero-order valence-electron chi connectivity index (χ0n) is 14.9. The highest BCUT2D eigenvalue weighted by molar-refractivity contribution is 5.92. The summed E-state index contributed by atoms with van der Waals surface area (Å²) in [7, 11) is 0. The van der Waals surface area contributed by atoms with E-state index in [-0.39, 0.29) is 17.8 Å². The fraction of sp³-hybridized carbons (Fsp3) is 0.474. The van der Waals surface area contributed by atoms with E-state index in [0.29, 0.717) is 44.3 Å². The summed E-state index contributed by atoms with van der Waals surface area (Å²) >= 11 is 0. The molecule has 0 radical (unpaired) electrons. The van der Waals surface area contributed by atoms with Gasteiger partial charge in [-0.2, -0.15) is 5.10 Å². The number of aromatic nitrogens is 2. The van der Waals surface area contributed by atoms with E-state index in [1.54, 1.807) is 29.1 Å². The molecule has 3 rings (SSSR count). The number of rotatable bonds is 7. The first-order valence-corrected chi connectivity index (χ1v) is 8.98. The number of nitrogens with zero attached hydrogens (tertiary/aromatic N) is 3. The Kier molecular flexibility index (Phi) is 6.22. The van der Waals surface area contributed by atoms with Gasteiger partial charge in [0.05, 0.1) is 12.7 Å². The number of hydrogen-bond acceptors (Lipinski definition) is 4. The Morgan fingerprint density at radius 1 is 1.19 bits per heavy atom. The van der Waals surface area contributed by atoms with Crippen LogP contribution in [0.5, 0.6) is 5.75 Å². The largest absolute Gasteiger partial charge is 0.491 e. The highest BCUT2D eigenvalue weighted by atomic mass is 19.1. The average molecular weight is 361 g/mol. The molecule has 0 spiro atoms. The van der Waals surface area contributed by atoms with Crippen molar-refractivity contribution in [2.45, 2.75) is 32.4 Å². The number of halogens is 1. The molecule has 0 N–H and O–H groups in total. The fourth-order valence-electron chi connectivity index (χ4n) is 3.06. The first-order chi connectivity index (χ1) is 12.7. The van der Waals surface area contributed by atoms with E-state index in [9.17, 15) is 9.18 Å². The molecule has 26 heavy (non-hydrogen) atoms. The molecule has 1 aromatic carbocycles. The number of likely N-dealkylation sites (tertiary alicyclic amines) is 1. The van der Waals surface area contributed by atoms with E-state index < -0.39 is 0 Å². The molecule has 1 aliphatic heterocycles. The second-order valence-corrected chi connectivity index (χ2v) is 6.20. The van der Waals surface area contributed by atoms with Crippen LogP contribution in [-0.2, 0) is 11.3 Å². The maximum absolute atomic E-state index is 12.8. The monoisotopic (exact) mass is 361 g/mol. The van der Waals surface area contributed by atoms with Gasteiger partial charge in [-0.25, -0.2) is 4.39 Å². The zero-order valence-corrected chi connectivity index (χ0v) is 14.9. The Hall–Kier alpha value is -2.41. The molecule has 6 nitrogen and oxygen atoms in total. The molecule has 2 aromatic rings. The van der Waals surface area contributed by atoms with E-state index >= 15 is 0 Å². The Labute approximate surface area is 152 Å². The Balaban J connectivity index is 1.37. The van der Waals surface area contributed by atoms with Crippen LogP contribution in [-0.4, -0.2) is 53.0 Å². The van der Waals surface area contributed by atoms with E-state index in [2.05, 4.69) is 5.10 Å². The van der Waals surface area contributed by atoms with Gasteiger partial charge in [0.15, 0.2) is 0 Å². The quantitative estimate of drug-likeness (QED) is 0.712. The summed E-state index contributed by atoms with van der Waals surface area (Å²) < 4.78 is 25.9. The maximum atomic E-state index is 12.8. The van der Waals surface area contributed by atoms with Gasteiger partial charge in [-0.15, -0.1) is 0 Å². The van der Waals surface area contributed by atoms with Crippen molar-refractivity contribution in [2.24, 2.45) is 0 Å². The van der Waals surface area contributed by atoms with Gasteiger partial charge in [-0.3, -0.25) is 9.48 Å². The number of hydrogen-bond donors (Lipinski definition) is 0. The minimum atomic E-state index is -0.281. The Bertz CT molecular complexity index is 709. The molecule has 1 saturated heterocycles. The number of ether oxygens (including phenoxy) is 2. The zero-order chi connectivity index (χ0) is 18.4. The van der Waals surface area contributed by atoms with Crippen LogP contribution in [0.1, 0.15) is 30.3 Å².